The minimum absolute atomic E-state index is 0.0439. The summed E-state index contributed by atoms with van der Waals surface area (Å²) < 4.78 is 6.60. The van der Waals surface area contributed by atoms with Crippen molar-refractivity contribution in [3.63, 3.8) is 0 Å². The standard InChI is InChI=1S/C21H27IN2O3/c1-21(2,3)27-20(26)24-11-5-4-6-18(24)19(25)13-16(14-23)12-15-7-9-17(22)10-8-15/h7-10,16,18H,4-6,11-13H2,1-3H3/t16-,18+/m1/s1. The van der Waals surface area contributed by atoms with E-state index in [1.807, 2.05) is 45.0 Å². The van der Waals surface area contributed by atoms with Crippen LogP contribution in [0, 0.1) is 20.8 Å². The molecule has 1 aliphatic rings. The lowest BCUT2D eigenvalue weighted by Gasteiger charge is -2.36. The van der Waals surface area contributed by atoms with Crippen LogP contribution in [0.2, 0.25) is 0 Å². The number of nitriles is 1. The maximum atomic E-state index is 12.9. The summed E-state index contributed by atoms with van der Waals surface area (Å²) in [5.41, 5.74) is 0.449. The molecular formula is C21H27IN2O3. The van der Waals surface area contributed by atoms with Crippen LogP contribution >= 0.6 is 22.6 Å². The Balaban J connectivity index is 2.03. The Labute approximate surface area is 175 Å². The molecule has 27 heavy (non-hydrogen) atoms. The molecule has 1 aromatic rings. The molecule has 1 aliphatic heterocycles. The van der Waals surface area contributed by atoms with Crippen molar-refractivity contribution in [2.75, 3.05) is 6.54 Å². The normalized spacial score (nSPS) is 18.5. The smallest absolute Gasteiger partial charge is 0.410 e. The van der Waals surface area contributed by atoms with Crippen molar-refractivity contribution >= 4 is 34.5 Å². The number of likely N-dealkylation sites (tertiary alicyclic amines) is 1. The first-order chi connectivity index (χ1) is 12.7. The van der Waals surface area contributed by atoms with Crippen LogP contribution < -0.4 is 0 Å². The number of amides is 1. The van der Waals surface area contributed by atoms with Crippen molar-refractivity contribution < 1.29 is 14.3 Å². The zero-order valence-corrected chi connectivity index (χ0v) is 18.4. The van der Waals surface area contributed by atoms with Gasteiger partial charge in [0.1, 0.15) is 5.60 Å². The van der Waals surface area contributed by atoms with Gasteiger partial charge in [-0.15, -0.1) is 0 Å². The molecule has 1 aromatic carbocycles. The summed E-state index contributed by atoms with van der Waals surface area (Å²) >= 11 is 2.24. The SMILES string of the molecule is CC(C)(C)OC(=O)N1CCCC[C@H]1C(=O)C[C@H](C#N)Cc1ccc(I)cc1. The number of Topliss-reactive ketones (excluding diaryl/α,β-unsaturated/α-hetero) is 1. The Morgan fingerprint density at radius 1 is 1.30 bits per heavy atom. The van der Waals surface area contributed by atoms with Crippen LogP contribution in [-0.2, 0) is 16.0 Å². The molecule has 0 unspecified atom stereocenters. The van der Waals surface area contributed by atoms with Gasteiger partial charge in [0.05, 0.1) is 18.0 Å². The van der Waals surface area contributed by atoms with Gasteiger partial charge in [-0.3, -0.25) is 9.69 Å². The highest BCUT2D eigenvalue weighted by Crippen LogP contribution is 2.24. The highest BCUT2D eigenvalue weighted by Gasteiger charge is 2.35. The molecule has 0 aliphatic carbocycles. The van der Waals surface area contributed by atoms with Gasteiger partial charge >= 0.3 is 6.09 Å². The number of halogens is 1. The van der Waals surface area contributed by atoms with Gasteiger partial charge < -0.3 is 4.74 Å². The van der Waals surface area contributed by atoms with Crippen molar-refractivity contribution in [2.24, 2.45) is 5.92 Å². The summed E-state index contributed by atoms with van der Waals surface area (Å²) in [5, 5.41) is 9.51. The number of benzene rings is 1. The first kappa shape index (κ1) is 21.7. The minimum atomic E-state index is -0.595. The summed E-state index contributed by atoms with van der Waals surface area (Å²) in [6.45, 7) is 5.98. The minimum Gasteiger partial charge on any atom is -0.444 e. The predicted molar refractivity (Wildman–Crippen MR) is 112 cm³/mol. The van der Waals surface area contributed by atoms with Crippen LogP contribution in [0.1, 0.15) is 52.0 Å². The molecule has 1 saturated heterocycles. The van der Waals surface area contributed by atoms with Gasteiger partial charge in [0.2, 0.25) is 0 Å². The average Bonchev–Trinajstić information content (AvgIpc) is 2.61. The maximum Gasteiger partial charge on any atom is 0.410 e. The van der Waals surface area contributed by atoms with Gasteiger partial charge in [-0.25, -0.2) is 4.79 Å². The lowest BCUT2D eigenvalue weighted by molar-refractivity contribution is -0.126. The van der Waals surface area contributed by atoms with Crippen molar-refractivity contribution in [3.05, 3.63) is 33.4 Å². The van der Waals surface area contributed by atoms with Crippen molar-refractivity contribution in [1.82, 2.24) is 4.90 Å². The zero-order valence-electron chi connectivity index (χ0n) is 16.2. The van der Waals surface area contributed by atoms with E-state index in [-0.39, 0.29) is 18.1 Å². The fourth-order valence-electron chi connectivity index (χ4n) is 3.25. The van der Waals surface area contributed by atoms with Gasteiger partial charge in [0, 0.05) is 16.5 Å². The molecule has 0 spiro atoms. The van der Waals surface area contributed by atoms with Gasteiger partial charge in [-0.1, -0.05) is 12.1 Å². The Kier molecular flexibility index (Phi) is 7.66. The zero-order chi connectivity index (χ0) is 20.0. The molecule has 146 valence electrons. The topological polar surface area (TPSA) is 70.4 Å². The third-order valence-electron chi connectivity index (χ3n) is 4.53. The van der Waals surface area contributed by atoms with Crippen LogP contribution in [-0.4, -0.2) is 35.0 Å². The van der Waals surface area contributed by atoms with Crippen molar-refractivity contribution in [1.29, 1.82) is 5.26 Å². The number of ether oxygens (including phenoxy) is 1. The van der Waals surface area contributed by atoms with E-state index in [0.29, 0.717) is 19.4 Å². The number of ketones is 1. The number of carbonyl (C=O) groups is 2. The summed E-state index contributed by atoms with van der Waals surface area (Å²) in [7, 11) is 0. The van der Waals surface area contributed by atoms with Crippen molar-refractivity contribution in [3.8, 4) is 6.07 Å². The molecule has 5 nitrogen and oxygen atoms in total. The molecule has 0 bridgehead atoms. The number of rotatable bonds is 5. The lowest BCUT2D eigenvalue weighted by Crippen LogP contribution is -2.50. The number of nitrogens with zero attached hydrogens (tertiary/aromatic N) is 2. The molecule has 2 atom stereocenters. The second-order valence-corrected chi connectivity index (χ2v) is 9.26. The average molecular weight is 482 g/mol. The second kappa shape index (κ2) is 9.54. The molecule has 1 heterocycles. The van der Waals surface area contributed by atoms with E-state index in [1.165, 1.54) is 0 Å². The van der Waals surface area contributed by atoms with E-state index in [2.05, 4.69) is 28.7 Å². The number of hydrogen-bond acceptors (Lipinski definition) is 4. The van der Waals surface area contributed by atoms with Gasteiger partial charge in [0.25, 0.3) is 0 Å². The molecule has 0 aromatic heterocycles. The summed E-state index contributed by atoms with van der Waals surface area (Å²) in [4.78, 5) is 26.9. The highest BCUT2D eigenvalue weighted by atomic mass is 127. The molecular weight excluding hydrogens is 455 g/mol. The lowest BCUT2D eigenvalue weighted by atomic mass is 9.90. The van der Waals surface area contributed by atoms with Crippen LogP contribution in [0.5, 0.6) is 0 Å². The van der Waals surface area contributed by atoms with Crippen LogP contribution in [0.25, 0.3) is 0 Å². The molecule has 1 fully saturated rings. The molecule has 6 heteroatoms. The van der Waals surface area contributed by atoms with E-state index in [9.17, 15) is 14.9 Å². The predicted octanol–water partition coefficient (Wildman–Crippen LogP) is 4.72. The van der Waals surface area contributed by atoms with Crippen LogP contribution in [0.3, 0.4) is 0 Å². The quantitative estimate of drug-likeness (QED) is 0.570. The molecule has 0 radical (unpaired) electrons. The van der Waals surface area contributed by atoms with E-state index in [1.54, 1.807) is 4.90 Å². The summed E-state index contributed by atoms with van der Waals surface area (Å²) in [6, 6.07) is 9.75. The highest BCUT2D eigenvalue weighted by molar-refractivity contribution is 14.1. The molecule has 0 N–H and O–H groups in total. The Bertz CT molecular complexity index is 704. The van der Waals surface area contributed by atoms with E-state index in [0.717, 1.165) is 22.0 Å². The first-order valence-corrected chi connectivity index (χ1v) is 10.4. The third-order valence-corrected chi connectivity index (χ3v) is 5.25. The molecule has 0 saturated carbocycles. The molecule has 2 rings (SSSR count). The Morgan fingerprint density at radius 2 is 1.96 bits per heavy atom. The largest absolute Gasteiger partial charge is 0.444 e. The number of piperidine rings is 1. The van der Waals surface area contributed by atoms with Crippen molar-refractivity contribution in [2.45, 2.75) is 64.5 Å². The van der Waals surface area contributed by atoms with Gasteiger partial charge in [-0.2, -0.15) is 5.26 Å². The van der Waals surface area contributed by atoms with E-state index < -0.39 is 17.7 Å². The summed E-state index contributed by atoms with van der Waals surface area (Å²) in [5.74, 6) is -0.433. The van der Waals surface area contributed by atoms with Gasteiger partial charge in [-0.05, 0) is 86.7 Å². The number of hydrogen-bond donors (Lipinski definition) is 0. The third kappa shape index (κ3) is 6.80. The van der Waals surface area contributed by atoms with Crippen LogP contribution in [0.4, 0.5) is 4.79 Å². The summed E-state index contributed by atoms with van der Waals surface area (Å²) in [6.07, 6.45) is 2.67. The monoisotopic (exact) mass is 482 g/mol. The van der Waals surface area contributed by atoms with Crippen LogP contribution in [0.15, 0.2) is 24.3 Å². The van der Waals surface area contributed by atoms with Gasteiger partial charge in [0.15, 0.2) is 5.78 Å². The Morgan fingerprint density at radius 3 is 2.56 bits per heavy atom. The molecule has 1 amide bonds. The van der Waals surface area contributed by atoms with E-state index >= 15 is 0 Å². The fourth-order valence-corrected chi connectivity index (χ4v) is 3.61. The second-order valence-electron chi connectivity index (χ2n) is 8.01. The maximum absolute atomic E-state index is 12.9. The number of carbonyl (C=O) groups excluding carboxylic acids is 2. The Hall–Kier alpha value is -1.62. The fraction of sp³-hybridized carbons (Fsp3) is 0.571. The van der Waals surface area contributed by atoms with E-state index in [4.69, 9.17) is 4.74 Å². The first-order valence-electron chi connectivity index (χ1n) is 9.36.